The van der Waals surface area contributed by atoms with Crippen molar-refractivity contribution in [3.05, 3.63) is 30.3 Å². The molecule has 128 valence electrons. The lowest BCUT2D eigenvalue weighted by Crippen LogP contribution is -2.53. The monoisotopic (exact) mass is 429 g/mol. The van der Waals surface area contributed by atoms with Crippen LogP contribution in [0.25, 0.3) is 0 Å². The summed E-state index contributed by atoms with van der Waals surface area (Å²) in [6, 6.07) is 11.3. The highest BCUT2D eigenvalue weighted by molar-refractivity contribution is 14.0. The van der Waals surface area contributed by atoms with Crippen molar-refractivity contribution in [2.24, 2.45) is 4.99 Å². The van der Waals surface area contributed by atoms with Crippen LogP contribution >= 0.6 is 24.0 Å². The molecule has 0 saturated carbocycles. The molecule has 0 bridgehead atoms. The van der Waals surface area contributed by atoms with Crippen LogP contribution in [0.5, 0.6) is 0 Å². The van der Waals surface area contributed by atoms with Gasteiger partial charge in [-0.3, -0.25) is 9.89 Å². The Kier molecular flexibility index (Phi) is 6.95. The molecule has 1 N–H and O–H groups in total. The predicted molar refractivity (Wildman–Crippen MR) is 108 cm³/mol. The molecule has 6 heteroatoms. The fraction of sp³-hybridized carbons (Fsp3) is 0.588. The summed E-state index contributed by atoms with van der Waals surface area (Å²) in [5.41, 5.74) is 1.34. The SMILES string of the molecule is CC(CNC1=NCCN1C)N1CCN(c2ccccc2)CC1.I. The summed E-state index contributed by atoms with van der Waals surface area (Å²) in [4.78, 5) is 11.7. The van der Waals surface area contributed by atoms with Crippen LogP contribution in [-0.4, -0.2) is 74.7 Å². The van der Waals surface area contributed by atoms with E-state index in [-0.39, 0.29) is 24.0 Å². The van der Waals surface area contributed by atoms with Gasteiger partial charge in [0.05, 0.1) is 6.54 Å². The summed E-state index contributed by atoms with van der Waals surface area (Å²) in [5.74, 6) is 1.05. The van der Waals surface area contributed by atoms with E-state index in [1.54, 1.807) is 0 Å². The minimum absolute atomic E-state index is 0. The molecule has 23 heavy (non-hydrogen) atoms. The van der Waals surface area contributed by atoms with Gasteiger partial charge in [0, 0.05) is 58.0 Å². The number of guanidine groups is 1. The van der Waals surface area contributed by atoms with Crippen molar-refractivity contribution in [1.82, 2.24) is 15.1 Å². The lowest BCUT2D eigenvalue weighted by atomic mass is 10.2. The molecule has 0 radical (unpaired) electrons. The summed E-state index contributed by atoms with van der Waals surface area (Å²) >= 11 is 0. The van der Waals surface area contributed by atoms with Gasteiger partial charge < -0.3 is 15.1 Å². The number of halogens is 1. The summed E-state index contributed by atoms with van der Waals surface area (Å²) in [5, 5.41) is 3.49. The number of para-hydroxylation sites is 1. The number of nitrogens with one attached hydrogen (secondary N) is 1. The molecule has 1 aromatic carbocycles. The highest BCUT2D eigenvalue weighted by Crippen LogP contribution is 2.16. The standard InChI is InChI=1S/C17H27N5.HI/c1-15(14-19-17-18-8-9-20(17)2)21-10-12-22(13-11-21)16-6-4-3-5-7-16;/h3-7,15H,8-14H2,1-2H3,(H,18,19);1H. The van der Waals surface area contributed by atoms with Crippen LogP contribution in [0.2, 0.25) is 0 Å². The second-order valence-electron chi connectivity index (χ2n) is 6.22. The van der Waals surface area contributed by atoms with E-state index in [0.29, 0.717) is 6.04 Å². The molecule has 1 saturated heterocycles. The average molecular weight is 429 g/mol. The smallest absolute Gasteiger partial charge is 0.193 e. The second kappa shape index (κ2) is 8.73. The number of piperazine rings is 1. The predicted octanol–water partition coefficient (Wildman–Crippen LogP) is 1.71. The minimum Gasteiger partial charge on any atom is -0.369 e. The fourth-order valence-corrected chi connectivity index (χ4v) is 3.15. The molecule has 2 heterocycles. The quantitative estimate of drug-likeness (QED) is 0.740. The summed E-state index contributed by atoms with van der Waals surface area (Å²) < 4.78 is 0. The van der Waals surface area contributed by atoms with Crippen LogP contribution in [0.15, 0.2) is 35.3 Å². The van der Waals surface area contributed by atoms with E-state index in [1.165, 1.54) is 5.69 Å². The molecular formula is C17H28IN5. The molecule has 1 atom stereocenters. The Morgan fingerprint density at radius 3 is 2.39 bits per heavy atom. The number of anilines is 1. The van der Waals surface area contributed by atoms with Gasteiger partial charge in [-0.05, 0) is 19.1 Å². The second-order valence-corrected chi connectivity index (χ2v) is 6.22. The highest BCUT2D eigenvalue weighted by atomic mass is 127. The Hall–Kier alpha value is -1.02. The zero-order chi connectivity index (χ0) is 15.4. The largest absolute Gasteiger partial charge is 0.369 e. The van der Waals surface area contributed by atoms with E-state index in [0.717, 1.165) is 51.8 Å². The van der Waals surface area contributed by atoms with Gasteiger partial charge in [-0.15, -0.1) is 24.0 Å². The fourth-order valence-electron chi connectivity index (χ4n) is 3.15. The first kappa shape index (κ1) is 18.3. The number of nitrogens with zero attached hydrogens (tertiary/aromatic N) is 4. The zero-order valence-electron chi connectivity index (χ0n) is 14.1. The Morgan fingerprint density at radius 1 is 1.09 bits per heavy atom. The molecule has 0 spiro atoms. The van der Waals surface area contributed by atoms with Crippen molar-refractivity contribution in [1.29, 1.82) is 0 Å². The normalized spacial score (nSPS) is 20.0. The summed E-state index contributed by atoms with van der Waals surface area (Å²) in [6.45, 7) is 9.69. The number of aliphatic imine (C=N–C) groups is 1. The molecular weight excluding hydrogens is 401 g/mol. The van der Waals surface area contributed by atoms with Crippen LogP contribution < -0.4 is 10.2 Å². The molecule has 2 aliphatic heterocycles. The van der Waals surface area contributed by atoms with Crippen molar-refractivity contribution in [2.45, 2.75) is 13.0 Å². The van der Waals surface area contributed by atoms with E-state index in [1.807, 2.05) is 0 Å². The third kappa shape index (κ3) is 4.73. The average Bonchev–Trinajstić information content (AvgIpc) is 2.99. The summed E-state index contributed by atoms with van der Waals surface area (Å²) in [6.07, 6.45) is 0. The van der Waals surface area contributed by atoms with Gasteiger partial charge in [-0.2, -0.15) is 0 Å². The van der Waals surface area contributed by atoms with Crippen molar-refractivity contribution in [2.75, 3.05) is 57.8 Å². The van der Waals surface area contributed by atoms with Crippen molar-refractivity contribution < 1.29 is 0 Å². The van der Waals surface area contributed by atoms with Crippen molar-refractivity contribution >= 4 is 35.6 Å². The van der Waals surface area contributed by atoms with Crippen LogP contribution in [0.4, 0.5) is 5.69 Å². The number of hydrogen-bond acceptors (Lipinski definition) is 5. The van der Waals surface area contributed by atoms with Gasteiger partial charge in [0.25, 0.3) is 0 Å². The molecule has 1 aromatic rings. The van der Waals surface area contributed by atoms with Gasteiger partial charge in [0.15, 0.2) is 5.96 Å². The molecule has 5 nitrogen and oxygen atoms in total. The van der Waals surface area contributed by atoms with Gasteiger partial charge in [0.1, 0.15) is 0 Å². The molecule has 2 aliphatic rings. The molecule has 1 fully saturated rings. The van der Waals surface area contributed by atoms with Gasteiger partial charge in [-0.1, -0.05) is 18.2 Å². The van der Waals surface area contributed by atoms with Gasteiger partial charge in [0.2, 0.25) is 0 Å². The minimum atomic E-state index is 0. The Bertz CT molecular complexity index is 499. The van der Waals surface area contributed by atoms with Crippen LogP contribution in [0.3, 0.4) is 0 Å². The van der Waals surface area contributed by atoms with E-state index in [9.17, 15) is 0 Å². The third-order valence-corrected chi connectivity index (χ3v) is 4.67. The summed E-state index contributed by atoms with van der Waals surface area (Å²) in [7, 11) is 2.10. The highest BCUT2D eigenvalue weighted by Gasteiger charge is 2.22. The lowest BCUT2D eigenvalue weighted by molar-refractivity contribution is 0.197. The third-order valence-electron chi connectivity index (χ3n) is 4.67. The topological polar surface area (TPSA) is 34.1 Å². The van der Waals surface area contributed by atoms with Gasteiger partial charge in [-0.25, -0.2) is 0 Å². The lowest BCUT2D eigenvalue weighted by Gasteiger charge is -2.39. The maximum atomic E-state index is 4.49. The first-order valence-electron chi connectivity index (χ1n) is 8.27. The maximum Gasteiger partial charge on any atom is 0.193 e. The molecule has 0 amide bonds. The molecule has 1 unspecified atom stereocenters. The molecule has 3 rings (SSSR count). The Balaban J connectivity index is 0.00000192. The van der Waals surface area contributed by atoms with E-state index in [2.05, 4.69) is 69.3 Å². The first-order valence-corrected chi connectivity index (χ1v) is 8.27. The van der Waals surface area contributed by atoms with Crippen LogP contribution in [-0.2, 0) is 0 Å². The number of hydrogen-bond donors (Lipinski definition) is 1. The van der Waals surface area contributed by atoms with E-state index in [4.69, 9.17) is 0 Å². The van der Waals surface area contributed by atoms with E-state index < -0.39 is 0 Å². The Morgan fingerprint density at radius 2 is 1.78 bits per heavy atom. The number of rotatable bonds is 4. The zero-order valence-corrected chi connectivity index (χ0v) is 16.4. The Labute approximate surface area is 156 Å². The molecule has 0 aromatic heterocycles. The first-order chi connectivity index (χ1) is 10.7. The number of benzene rings is 1. The van der Waals surface area contributed by atoms with Gasteiger partial charge >= 0.3 is 0 Å². The van der Waals surface area contributed by atoms with Crippen LogP contribution in [0, 0.1) is 0 Å². The van der Waals surface area contributed by atoms with Crippen molar-refractivity contribution in [3.8, 4) is 0 Å². The number of likely N-dealkylation sites (N-methyl/N-ethyl adjacent to an activating group) is 1. The van der Waals surface area contributed by atoms with Crippen LogP contribution in [0.1, 0.15) is 6.92 Å². The maximum absolute atomic E-state index is 4.49. The van der Waals surface area contributed by atoms with Crippen molar-refractivity contribution in [3.63, 3.8) is 0 Å². The molecule has 0 aliphatic carbocycles. The van der Waals surface area contributed by atoms with E-state index >= 15 is 0 Å².